The molecule has 0 aliphatic rings. The smallest absolute Gasteiger partial charge is 0.422 e. The van der Waals surface area contributed by atoms with Crippen LogP contribution in [0, 0.1) is 0 Å². The zero-order chi connectivity index (χ0) is 25.4. The van der Waals surface area contributed by atoms with Gasteiger partial charge in [0.05, 0.1) is 17.0 Å². The summed E-state index contributed by atoms with van der Waals surface area (Å²) in [5.74, 6) is -0.824. The first-order valence-corrected chi connectivity index (χ1v) is 9.89. The average molecular weight is 492 g/mol. The highest BCUT2D eigenvalue weighted by atomic mass is 19.4. The van der Waals surface area contributed by atoms with Crippen molar-refractivity contribution < 1.29 is 40.8 Å². The van der Waals surface area contributed by atoms with Crippen LogP contribution >= 0.6 is 0 Å². The van der Waals surface area contributed by atoms with E-state index in [1.165, 1.54) is 14.0 Å². The maximum atomic E-state index is 13.1. The third kappa shape index (κ3) is 8.87. The highest BCUT2D eigenvalue weighted by Crippen LogP contribution is 2.32. The SMILES string of the molecule is CON=C(C)c1cccc(CCCON=C(C)c2cc(C(F)(F)F)cc(OCC(F)(F)F)n2)n1. The fourth-order valence-electron chi connectivity index (χ4n) is 2.60. The van der Waals surface area contributed by atoms with Crippen molar-refractivity contribution in [3.8, 4) is 5.88 Å². The summed E-state index contributed by atoms with van der Waals surface area (Å²) >= 11 is 0. The molecule has 0 saturated carbocycles. The Morgan fingerprint density at radius 1 is 0.941 bits per heavy atom. The van der Waals surface area contributed by atoms with Crippen LogP contribution in [0.25, 0.3) is 0 Å². The van der Waals surface area contributed by atoms with Crippen LogP contribution in [0.2, 0.25) is 0 Å². The molecule has 0 aliphatic heterocycles. The van der Waals surface area contributed by atoms with Crippen molar-refractivity contribution in [3.63, 3.8) is 0 Å². The third-order valence-corrected chi connectivity index (χ3v) is 4.16. The van der Waals surface area contributed by atoms with Crippen molar-refractivity contribution in [3.05, 3.63) is 53.0 Å². The maximum absolute atomic E-state index is 13.1. The van der Waals surface area contributed by atoms with E-state index in [1.807, 2.05) is 12.1 Å². The number of alkyl halides is 6. The molecule has 0 radical (unpaired) electrons. The first kappa shape index (κ1) is 26.9. The van der Waals surface area contributed by atoms with Crippen LogP contribution in [-0.4, -0.2) is 47.9 Å². The number of nitrogens with zero attached hydrogens (tertiary/aromatic N) is 4. The van der Waals surface area contributed by atoms with Gasteiger partial charge in [0.1, 0.15) is 25.1 Å². The Balaban J connectivity index is 2.02. The number of aromatic nitrogens is 2. The molecule has 0 unspecified atom stereocenters. The molecule has 2 aromatic heterocycles. The van der Waals surface area contributed by atoms with Gasteiger partial charge in [-0.15, -0.1) is 0 Å². The van der Waals surface area contributed by atoms with Gasteiger partial charge in [0.25, 0.3) is 0 Å². The fourth-order valence-corrected chi connectivity index (χ4v) is 2.60. The Morgan fingerprint density at radius 3 is 2.29 bits per heavy atom. The summed E-state index contributed by atoms with van der Waals surface area (Å²) in [5, 5.41) is 7.54. The van der Waals surface area contributed by atoms with Crippen molar-refractivity contribution in [1.29, 1.82) is 0 Å². The van der Waals surface area contributed by atoms with Gasteiger partial charge >= 0.3 is 12.4 Å². The molecule has 0 aliphatic carbocycles. The largest absolute Gasteiger partial charge is 0.468 e. The first-order valence-electron chi connectivity index (χ1n) is 9.89. The second-order valence-corrected chi connectivity index (χ2v) is 6.97. The van der Waals surface area contributed by atoms with Crippen LogP contribution in [0.15, 0.2) is 40.6 Å². The van der Waals surface area contributed by atoms with Gasteiger partial charge in [-0.05, 0) is 44.9 Å². The summed E-state index contributed by atoms with van der Waals surface area (Å²) in [4.78, 5) is 18.0. The first-order chi connectivity index (χ1) is 15.9. The molecule has 2 rings (SSSR count). The summed E-state index contributed by atoms with van der Waals surface area (Å²) in [5.41, 5.74) is 0.408. The lowest BCUT2D eigenvalue weighted by Crippen LogP contribution is -2.20. The fraction of sp³-hybridized carbons (Fsp3) is 0.429. The molecule has 0 bridgehead atoms. The Kier molecular flexibility index (Phi) is 9.21. The summed E-state index contributed by atoms with van der Waals surface area (Å²) in [7, 11) is 1.43. The number of ether oxygens (including phenoxy) is 1. The second kappa shape index (κ2) is 11.7. The van der Waals surface area contributed by atoms with Gasteiger partial charge in [0.2, 0.25) is 5.88 Å². The van der Waals surface area contributed by atoms with Gasteiger partial charge in [-0.2, -0.15) is 26.3 Å². The van der Waals surface area contributed by atoms with Crippen LogP contribution in [0.4, 0.5) is 26.3 Å². The summed E-state index contributed by atoms with van der Waals surface area (Å²) in [6.45, 7) is 1.40. The molecule has 7 nitrogen and oxygen atoms in total. The third-order valence-electron chi connectivity index (χ3n) is 4.16. The molecule has 0 aromatic carbocycles. The van der Waals surface area contributed by atoms with Gasteiger partial charge < -0.3 is 14.4 Å². The van der Waals surface area contributed by atoms with E-state index in [4.69, 9.17) is 9.68 Å². The quantitative estimate of drug-likeness (QED) is 0.198. The Labute approximate surface area is 191 Å². The van der Waals surface area contributed by atoms with Gasteiger partial charge in [-0.25, -0.2) is 4.98 Å². The molecule has 0 amide bonds. The number of hydrogen-bond acceptors (Lipinski definition) is 7. The zero-order valence-electron chi connectivity index (χ0n) is 18.5. The van der Waals surface area contributed by atoms with Crippen LogP contribution in [0.1, 0.15) is 42.9 Å². The van der Waals surface area contributed by atoms with Gasteiger partial charge in [0.15, 0.2) is 6.61 Å². The minimum Gasteiger partial charge on any atom is -0.468 e. The minimum atomic E-state index is -4.82. The highest BCUT2D eigenvalue weighted by molar-refractivity contribution is 5.97. The maximum Gasteiger partial charge on any atom is 0.422 e. The van der Waals surface area contributed by atoms with E-state index in [9.17, 15) is 26.3 Å². The van der Waals surface area contributed by atoms with E-state index in [1.54, 1.807) is 13.0 Å². The average Bonchev–Trinajstić information content (AvgIpc) is 2.76. The number of rotatable bonds is 10. The molecule has 34 heavy (non-hydrogen) atoms. The predicted octanol–water partition coefficient (Wildman–Crippen LogP) is 5.18. The number of halogens is 6. The highest BCUT2D eigenvalue weighted by Gasteiger charge is 2.33. The molecule has 2 heterocycles. The number of aryl methyl sites for hydroxylation is 1. The number of pyridine rings is 2. The molecule has 186 valence electrons. The van der Waals surface area contributed by atoms with Gasteiger partial charge in [-0.1, -0.05) is 16.4 Å². The Morgan fingerprint density at radius 2 is 1.65 bits per heavy atom. The van der Waals surface area contributed by atoms with E-state index in [0.717, 1.165) is 5.69 Å². The van der Waals surface area contributed by atoms with E-state index in [2.05, 4.69) is 25.0 Å². The Bertz CT molecular complexity index is 1020. The van der Waals surface area contributed by atoms with E-state index < -0.39 is 30.4 Å². The standard InChI is InChI=1S/C21H22F6N4O3/c1-13(30-32-3)17-8-4-6-16(28-17)7-5-9-34-31-14(2)18-10-15(21(25,26)27)11-19(29-18)33-12-20(22,23)24/h4,6,8,10-11H,5,7,9,12H2,1-3H3. The summed E-state index contributed by atoms with van der Waals surface area (Å²) < 4.78 is 80.8. The van der Waals surface area contributed by atoms with Crippen molar-refractivity contribution >= 4 is 11.4 Å². The lowest BCUT2D eigenvalue weighted by Gasteiger charge is -2.13. The van der Waals surface area contributed by atoms with Crippen molar-refractivity contribution in [2.45, 2.75) is 39.0 Å². The van der Waals surface area contributed by atoms with Crippen molar-refractivity contribution in [2.75, 3.05) is 20.3 Å². The normalized spacial score (nSPS) is 13.1. The molecule has 0 spiro atoms. The predicted molar refractivity (Wildman–Crippen MR) is 111 cm³/mol. The molecule has 2 aromatic rings. The minimum absolute atomic E-state index is 0.0607. The Hall–Kier alpha value is -3.38. The van der Waals surface area contributed by atoms with Crippen molar-refractivity contribution in [1.82, 2.24) is 9.97 Å². The summed E-state index contributed by atoms with van der Waals surface area (Å²) in [6, 6.07) is 6.45. The topological polar surface area (TPSA) is 78.2 Å². The molecule has 0 fully saturated rings. The van der Waals surface area contributed by atoms with Crippen molar-refractivity contribution in [2.24, 2.45) is 10.3 Å². The number of hydrogen-bond donors (Lipinski definition) is 0. The molecular weight excluding hydrogens is 470 g/mol. The monoisotopic (exact) mass is 492 g/mol. The zero-order valence-corrected chi connectivity index (χ0v) is 18.5. The van der Waals surface area contributed by atoms with E-state index >= 15 is 0 Å². The molecule has 0 atom stereocenters. The molecular formula is C21H22F6N4O3. The molecule has 0 saturated heterocycles. The van der Waals surface area contributed by atoms with E-state index in [0.29, 0.717) is 36.4 Å². The molecule has 0 N–H and O–H groups in total. The lowest BCUT2D eigenvalue weighted by atomic mass is 10.2. The second-order valence-electron chi connectivity index (χ2n) is 6.97. The molecule has 13 heteroatoms. The lowest BCUT2D eigenvalue weighted by molar-refractivity contribution is -0.154. The van der Waals surface area contributed by atoms with Crippen LogP contribution in [-0.2, 0) is 22.3 Å². The van der Waals surface area contributed by atoms with Crippen LogP contribution < -0.4 is 4.74 Å². The van der Waals surface area contributed by atoms with E-state index in [-0.39, 0.29) is 18.0 Å². The van der Waals surface area contributed by atoms with Gasteiger partial charge in [-0.3, -0.25) is 4.98 Å². The summed E-state index contributed by atoms with van der Waals surface area (Å²) in [6.07, 6.45) is -8.53. The van der Waals surface area contributed by atoms with Crippen LogP contribution in [0.5, 0.6) is 5.88 Å². The number of oxime groups is 2. The van der Waals surface area contributed by atoms with Gasteiger partial charge in [0, 0.05) is 11.8 Å². The van der Waals surface area contributed by atoms with Crippen LogP contribution in [0.3, 0.4) is 0 Å².